The van der Waals surface area contributed by atoms with Gasteiger partial charge in [-0.1, -0.05) is 28.1 Å². The van der Waals surface area contributed by atoms with Crippen LogP contribution in [0.4, 0.5) is 0 Å². The molecule has 21 heavy (non-hydrogen) atoms. The SMILES string of the molecule is CC(C)N(CCC(=O)O)Cc1ccc(Br)c2cccnc12. The topological polar surface area (TPSA) is 53.4 Å². The summed E-state index contributed by atoms with van der Waals surface area (Å²) in [7, 11) is 0. The smallest absolute Gasteiger partial charge is 0.304 e. The largest absolute Gasteiger partial charge is 0.481 e. The number of pyridine rings is 1. The Balaban J connectivity index is 2.28. The average molecular weight is 351 g/mol. The molecule has 0 aliphatic carbocycles. The van der Waals surface area contributed by atoms with Crippen LogP contribution in [0.15, 0.2) is 34.9 Å². The van der Waals surface area contributed by atoms with E-state index in [1.54, 1.807) is 6.20 Å². The number of rotatable bonds is 6. The molecule has 0 fully saturated rings. The van der Waals surface area contributed by atoms with Gasteiger partial charge in [-0.2, -0.15) is 0 Å². The second kappa shape index (κ2) is 7.00. The predicted octanol–water partition coefficient (Wildman–Crippen LogP) is 3.68. The van der Waals surface area contributed by atoms with Crippen LogP contribution >= 0.6 is 15.9 Å². The Labute approximate surface area is 132 Å². The number of carbonyl (C=O) groups is 1. The third-order valence-corrected chi connectivity index (χ3v) is 4.21. The molecule has 0 amide bonds. The highest BCUT2D eigenvalue weighted by molar-refractivity contribution is 9.10. The Morgan fingerprint density at radius 1 is 1.38 bits per heavy atom. The van der Waals surface area contributed by atoms with Gasteiger partial charge >= 0.3 is 5.97 Å². The molecule has 1 heterocycles. The molecule has 5 heteroatoms. The lowest BCUT2D eigenvalue weighted by atomic mass is 10.1. The van der Waals surface area contributed by atoms with Crippen molar-refractivity contribution in [2.75, 3.05) is 6.54 Å². The summed E-state index contributed by atoms with van der Waals surface area (Å²) in [5.41, 5.74) is 2.08. The first-order valence-electron chi connectivity index (χ1n) is 6.97. The molecule has 0 bridgehead atoms. The highest BCUT2D eigenvalue weighted by atomic mass is 79.9. The summed E-state index contributed by atoms with van der Waals surface area (Å²) in [5, 5.41) is 9.95. The first-order valence-corrected chi connectivity index (χ1v) is 7.76. The minimum atomic E-state index is -0.764. The van der Waals surface area contributed by atoms with Crippen LogP contribution in [0, 0.1) is 0 Å². The van der Waals surface area contributed by atoms with Crippen LogP contribution in [-0.4, -0.2) is 33.5 Å². The first kappa shape index (κ1) is 15.9. The van der Waals surface area contributed by atoms with Crippen molar-refractivity contribution in [3.63, 3.8) is 0 Å². The van der Waals surface area contributed by atoms with Gasteiger partial charge in [0.2, 0.25) is 0 Å². The molecule has 0 saturated carbocycles. The molecule has 1 N–H and O–H groups in total. The fourth-order valence-electron chi connectivity index (χ4n) is 2.30. The van der Waals surface area contributed by atoms with Gasteiger partial charge in [0.25, 0.3) is 0 Å². The van der Waals surface area contributed by atoms with Crippen molar-refractivity contribution in [1.29, 1.82) is 0 Å². The third-order valence-electron chi connectivity index (χ3n) is 3.52. The molecule has 4 nitrogen and oxygen atoms in total. The molecule has 0 spiro atoms. The second-order valence-corrected chi connectivity index (χ2v) is 6.17. The monoisotopic (exact) mass is 350 g/mol. The van der Waals surface area contributed by atoms with Crippen LogP contribution in [0.5, 0.6) is 0 Å². The van der Waals surface area contributed by atoms with Gasteiger partial charge in [0.15, 0.2) is 0 Å². The van der Waals surface area contributed by atoms with Crippen molar-refractivity contribution < 1.29 is 9.90 Å². The molecule has 0 aliphatic rings. The van der Waals surface area contributed by atoms with Gasteiger partial charge in [-0.25, -0.2) is 0 Å². The number of fused-ring (bicyclic) bond motifs is 1. The third kappa shape index (κ3) is 4.02. The maximum Gasteiger partial charge on any atom is 0.304 e. The van der Waals surface area contributed by atoms with Crippen molar-refractivity contribution in [2.24, 2.45) is 0 Å². The van der Waals surface area contributed by atoms with Gasteiger partial charge in [0, 0.05) is 35.2 Å². The van der Waals surface area contributed by atoms with Crippen molar-refractivity contribution >= 4 is 32.8 Å². The second-order valence-electron chi connectivity index (χ2n) is 5.31. The van der Waals surface area contributed by atoms with E-state index < -0.39 is 5.97 Å². The summed E-state index contributed by atoms with van der Waals surface area (Å²) >= 11 is 3.54. The van der Waals surface area contributed by atoms with Crippen LogP contribution in [-0.2, 0) is 11.3 Å². The Kier molecular flexibility index (Phi) is 5.31. The van der Waals surface area contributed by atoms with E-state index in [0.717, 1.165) is 20.9 Å². The van der Waals surface area contributed by atoms with Gasteiger partial charge < -0.3 is 5.11 Å². The van der Waals surface area contributed by atoms with E-state index in [-0.39, 0.29) is 12.5 Å². The zero-order valence-electron chi connectivity index (χ0n) is 12.2. The number of aliphatic carboxylic acids is 1. The lowest BCUT2D eigenvalue weighted by Gasteiger charge is -2.26. The van der Waals surface area contributed by atoms with Crippen LogP contribution in [0.2, 0.25) is 0 Å². The minimum absolute atomic E-state index is 0.153. The molecule has 2 rings (SSSR count). The molecule has 0 atom stereocenters. The normalized spacial score (nSPS) is 11.5. The number of hydrogen-bond donors (Lipinski definition) is 1. The number of hydrogen-bond acceptors (Lipinski definition) is 3. The van der Waals surface area contributed by atoms with E-state index in [4.69, 9.17) is 5.11 Å². The first-order chi connectivity index (χ1) is 9.99. The molecule has 2 aromatic rings. The van der Waals surface area contributed by atoms with E-state index in [1.165, 1.54) is 0 Å². The fraction of sp³-hybridized carbons (Fsp3) is 0.375. The van der Waals surface area contributed by atoms with E-state index in [2.05, 4.69) is 45.7 Å². The summed E-state index contributed by atoms with van der Waals surface area (Å²) < 4.78 is 1.02. The van der Waals surface area contributed by atoms with Crippen molar-refractivity contribution in [3.05, 3.63) is 40.5 Å². The molecular weight excluding hydrogens is 332 g/mol. The highest BCUT2D eigenvalue weighted by Crippen LogP contribution is 2.26. The van der Waals surface area contributed by atoms with Gasteiger partial charge in [-0.15, -0.1) is 0 Å². The summed E-state index contributed by atoms with van der Waals surface area (Å²) in [6.45, 7) is 5.40. The lowest BCUT2D eigenvalue weighted by Crippen LogP contribution is -2.32. The number of nitrogens with zero attached hydrogens (tertiary/aromatic N) is 2. The summed E-state index contributed by atoms with van der Waals surface area (Å²) in [6.07, 6.45) is 1.94. The maximum atomic E-state index is 10.8. The van der Waals surface area contributed by atoms with Gasteiger partial charge in [-0.05, 0) is 31.5 Å². The summed E-state index contributed by atoms with van der Waals surface area (Å²) in [5.74, 6) is -0.764. The van der Waals surface area contributed by atoms with E-state index in [9.17, 15) is 4.79 Å². The highest BCUT2D eigenvalue weighted by Gasteiger charge is 2.14. The van der Waals surface area contributed by atoms with Gasteiger partial charge in [0.05, 0.1) is 11.9 Å². The van der Waals surface area contributed by atoms with Crippen LogP contribution in [0.3, 0.4) is 0 Å². The lowest BCUT2D eigenvalue weighted by molar-refractivity contribution is -0.137. The van der Waals surface area contributed by atoms with Crippen LogP contribution < -0.4 is 0 Å². The maximum absolute atomic E-state index is 10.8. The molecular formula is C16H19BrN2O2. The number of carboxylic acids is 1. The predicted molar refractivity (Wildman–Crippen MR) is 87.2 cm³/mol. The van der Waals surface area contributed by atoms with E-state index in [0.29, 0.717) is 13.1 Å². The average Bonchev–Trinajstić information content (AvgIpc) is 2.45. The molecule has 0 unspecified atom stereocenters. The Hall–Kier alpha value is -1.46. The van der Waals surface area contributed by atoms with Crippen molar-refractivity contribution in [1.82, 2.24) is 9.88 Å². The van der Waals surface area contributed by atoms with E-state index >= 15 is 0 Å². The molecule has 0 saturated heterocycles. The van der Waals surface area contributed by atoms with Gasteiger partial charge in [0.1, 0.15) is 0 Å². The van der Waals surface area contributed by atoms with Crippen LogP contribution in [0.25, 0.3) is 10.9 Å². The zero-order valence-corrected chi connectivity index (χ0v) is 13.8. The van der Waals surface area contributed by atoms with Crippen LogP contribution in [0.1, 0.15) is 25.8 Å². The van der Waals surface area contributed by atoms with Gasteiger partial charge in [-0.3, -0.25) is 14.7 Å². The standard InChI is InChI=1S/C16H19BrN2O2/c1-11(2)19(9-7-15(20)21)10-12-5-6-14(17)13-4-3-8-18-16(12)13/h3-6,8,11H,7,9-10H2,1-2H3,(H,20,21). The minimum Gasteiger partial charge on any atom is -0.481 e. The van der Waals surface area contributed by atoms with Crippen molar-refractivity contribution in [2.45, 2.75) is 32.9 Å². The van der Waals surface area contributed by atoms with E-state index in [1.807, 2.05) is 18.2 Å². The molecule has 0 radical (unpaired) electrons. The number of carboxylic acid groups (broad SMARTS) is 1. The molecule has 1 aromatic carbocycles. The molecule has 1 aromatic heterocycles. The summed E-state index contributed by atoms with van der Waals surface area (Å²) in [6, 6.07) is 8.31. The number of halogens is 1. The fourth-order valence-corrected chi connectivity index (χ4v) is 2.75. The Bertz CT molecular complexity index is 643. The Morgan fingerprint density at radius 2 is 2.14 bits per heavy atom. The zero-order chi connectivity index (χ0) is 15.4. The molecule has 112 valence electrons. The van der Waals surface area contributed by atoms with Crippen molar-refractivity contribution in [3.8, 4) is 0 Å². The summed E-state index contributed by atoms with van der Waals surface area (Å²) in [4.78, 5) is 17.4. The quantitative estimate of drug-likeness (QED) is 0.863. The Morgan fingerprint density at radius 3 is 2.81 bits per heavy atom. The number of aromatic nitrogens is 1. The number of benzene rings is 1. The molecule has 0 aliphatic heterocycles.